The highest BCUT2D eigenvalue weighted by molar-refractivity contribution is 7.85. The molecule has 0 saturated carbocycles. The molecule has 4 heterocycles. The first-order chi connectivity index (χ1) is 18.7. The van der Waals surface area contributed by atoms with Gasteiger partial charge in [0.2, 0.25) is 0 Å². The number of unbranched alkanes of at least 4 members (excludes halogenated alkanes) is 3. The third-order valence-electron chi connectivity index (χ3n) is 7.41. The fourth-order valence-electron chi connectivity index (χ4n) is 5.37. The molecule has 0 aliphatic carbocycles. The minimum atomic E-state index is -3.38. The maximum Gasteiger partial charge on any atom is 0.264 e. The van der Waals surface area contributed by atoms with Crippen LogP contribution in [0.3, 0.4) is 0 Å². The first-order valence-corrected chi connectivity index (χ1v) is 15.3. The van der Waals surface area contributed by atoms with Crippen molar-refractivity contribution < 1.29 is 17.4 Å². The summed E-state index contributed by atoms with van der Waals surface area (Å²) >= 11 is 0. The number of likely N-dealkylation sites (tertiary alicyclic amines) is 1. The molecule has 1 atom stereocenters. The third-order valence-corrected chi connectivity index (χ3v) is 8.00. The number of aromatic nitrogens is 4. The van der Waals surface area contributed by atoms with Gasteiger partial charge < -0.3 is 10.3 Å². The molecule has 1 aliphatic rings. The SMILES string of the molecule is Cc1nn(CCCCCCOS(C)(=O)=O)c2cc(C(=O)Nc3cc4[nH]c([C@H]5CCCN5C)cc4cn3)ccc12. The number of pyridine rings is 1. The van der Waals surface area contributed by atoms with Gasteiger partial charge in [0, 0.05) is 46.9 Å². The van der Waals surface area contributed by atoms with Crippen LogP contribution in [0.15, 0.2) is 36.5 Å². The second-order valence-electron chi connectivity index (χ2n) is 10.5. The summed E-state index contributed by atoms with van der Waals surface area (Å²) in [5.74, 6) is 0.285. The monoisotopic (exact) mass is 552 g/mol. The Bertz CT molecular complexity index is 1590. The molecule has 10 nitrogen and oxygen atoms in total. The number of nitrogens with zero attached hydrogens (tertiary/aromatic N) is 4. The van der Waals surface area contributed by atoms with Gasteiger partial charge in [0.25, 0.3) is 16.0 Å². The molecule has 4 aromatic rings. The van der Waals surface area contributed by atoms with Crippen molar-refractivity contribution in [3.8, 4) is 0 Å². The van der Waals surface area contributed by atoms with Crippen LogP contribution in [0.2, 0.25) is 0 Å². The lowest BCUT2D eigenvalue weighted by Gasteiger charge is -2.17. The number of rotatable bonds is 11. The minimum absolute atomic E-state index is 0.214. The van der Waals surface area contributed by atoms with Crippen molar-refractivity contribution in [2.45, 2.75) is 58.0 Å². The minimum Gasteiger partial charge on any atom is -0.357 e. The quantitative estimate of drug-likeness (QED) is 0.203. The third kappa shape index (κ3) is 6.48. The molecule has 39 heavy (non-hydrogen) atoms. The number of amides is 1. The zero-order valence-corrected chi connectivity index (χ0v) is 23.6. The van der Waals surface area contributed by atoms with Crippen LogP contribution in [0, 0.1) is 6.92 Å². The Morgan fingerprint density at radius 2 is 2.00 bits per heavy atom. The molecule has 0 bridgehead atoms. The van der Waals surface area contributed by atoms with E-state index >= 15 is 0 Å². The van der Waals surface area contributed by atoms with Crippen LogP contribution >= 0.6 is 0 Å². The van der Waals surface area contributed by atoms with E-state index in [1.165, 1.54) is 12.1 Å². The highest BCUT2D eigenvalue weighted by Crippen LogP contribution is 2.32. The number of anilines is 1. The van der Waals surface area contributed by atoms with Crippen LogP contribution in [-0.4, -0.2) is 65.4 Å². The topological polar surface area (TPSA) is 122 Å². The molecular weight excluding hydrogens is 516 g/mol. The number of nitrogens with one attached hydrogen (secondary N) is 2. The van der Waals surface area contributed by atoms with E-state index in [2.05, 4.69) is 38.4 Å². The Morgan fingerprint density at radius 3 is 2.77 bits per heavy atom. The van der Waals surface area contributed by atoms with E-state index in [1.807, 2.05) is 35.9 Å². The lowest BCUT2D eigenvalue weighted by Crippen LogP contribution is -2.17. The summed E-state index contributed by atoms with van der Waals surface area (Å²) < 4.78 is 28.8. The van der Waals surface area contributed by atoms with Gasteiger partial charge in [0.1, 0.15) is 5.82 Å². The summed E-state index contributed by atoms with van der Waals surface area (Å²) in [6, 6.07) is 10.1. The van der Waals surface area contributed by atoms with Gasteiger partial charge in [-0.05, 0) is 64.4 Å². The Hall–Kier alpha value is -3.28. The predicted octanol–water partition coefficient (Wildman–Crippen LogP) is 4.78. The van der Waals surface area contributed by atoms with Crippen molar-refractivity contribution in [1.82, 2.24) is 24.6 Å². The lowest BCUT2D eigenvalue weighted by atomic mass is 10.1. The normalized spacial score (nSPS) is 16.4. The number of aromatic amines is 1. The molecule has 1 aliphatic heterocycles. The summed E-state index contributed by atoms with van der Waals surface area (Å²) in [4.78, 5) is 23.5. The average molecular weight is 553 g/mol. The smallest absolute Gasteiger partial charge is 0.264 e. The van der Waals surface area contributed by atoms with Crippen LogP contribution in [0.4, 0.5) is 5.82 Å². The van der Waals surface area contributed by atoms with Crippen LogP contribution in [0.5, 0.6) is 0 Å². The predicted molar refractivity (Wildman–Crippen MR) is 152 cm³/mol. The number of hydrogen-bond donors (Lipinski definition) is 2. The Kier molecular flexibility index (Phi) is 8.01. The number of benzene rings is 1. The molecule has 1 saturated heterocycles. The van der Waals surface area contributed by atoms with Gasteiger partial charge >= 0.3 is 0 Å². The van der Waals surface area contributed by atoms with Crippen molar-refractivity contribution in [3.63, 3.8) is 0 Å². The number of hydrogen-bond acceptors (Lipinski definition) is 7. The molecule has 3 aromatic heterocycles. The standard InChI is InChI=1S/C28H36N6O4S/c1-19-22-11-10-20(16-26(22)34(32-19)13-6-4-5-7-14-38-39(3,36)37)28(35)31-27-17-23-21(18-29-27)15-24(30-23)25-9-8-12-33(25)2/h10-11,15-18,25,30H,4-9,12-14H2,1-3H3,(H,29,31,35)/t25-/m1/s1. The van der Waals surface area contributed by atoms with Gasteiger partial charge in [-0.2, -0.15) is 13.5 Å². The summed E-state index contributed by atoms with van der Waals surface area (Å²) in [6.07, 6.45) is 8.59. The van der Waals surface area contributed by atoms with E-state index in [0.29, 0.717) is 30.4 Å². The van der Waals surface area contributed by atoms with Crippen molar-refractivity contribution in [2.75, 3.05) is 31.8 Å². The van der Waals surface area contributed by atoms with Crippen molar-refractivity contribution in [3.05, 3.63) is 53.5 Å². The number of fused-ring (bicyclic) bond motifs is 2. The maximum absolute atomic E-state index is 13.1. The van der Waals surface area contributed by atoms with Crippen LogP contribution in [0.1, 0.15) is 66.3 Å². The fourth-order valence-corrected chi connectivity index (χ4v) is 5.79. The molecule has 1 fully saturated rings. The summed E-state index contributed by atoms with van der Waals surface area (Å²) in [6.45, 7) is 4.00. The highest BCUT2D eigenvalue weighted by atomic mass is 32.2. The second-order valence-corrected chi connectivity index (χ2v) is 12.1. The molecule has 1 amide bonds. The molecular formula is C28H36N6O4S. The van der Waals surface area contributed by atoms with Crippen LogP contribution in [-0.2, 0) is 20.8 Å². The summed E-state index contributed by atoms with van der Waals surface area (Å²) in [5.41, 5.74) is 4.53. The van der Waals surface area contributed by atoms with Gasteiger partial charge in [-0.3, -0.25) is 18.6 Å². The lowest BCUT2D eigenvalue weighted by molar-refractivity contribution is 0.102. The van der Waals surface area contributed by atoms with E-state index < -0.39 is 10.1 Å². The van der Waals surface area contributed by atoms with Gasteiger partial charge in [0.05, 0.1) is 29.6 Å². The Labute approximate surface area is 228 Å². The largest absolute Gasteiger partial charge is 0.357 e. The van der Waals surface area contributed by atoms with E-state index in [1.54, 1.807) is 6.20 Å². The highest BCUT2D eigenvalue weighted by Gasteiger charge is 2.24. The van der Waals surface area contributed by atoms with Crippen molar-refractivity contribution in [2.24, 2.45) is 0 Å². The number of H-pyrrole nitrogens is 1. The zero-order valence-electron chi connectivity index (χ0n) is 22.7. The first-order valence-electron chi connectivity index (χ1n) is 13.5. The number of aryl methyl sites for hydroxylation is 2. The fraction of sp³-hybridized carbons (Fsp3) is 0.464. The zero-order chi connectivity index (χ0) is 27.6. The maximum atomic E-state index is 13.1. The second kappa shape index (κ2) is 11.4. The Morgan fingerprint density at radius 1 is 1.18 bits per heavy atom. The van der Waals surface area contributed by atoms with Gasteiger partial charge in [-0.1, -0.05) is 18.9 Å². The van der Waals surface area contributed by atoms with Crippen molar-refractivity contribution >= 4 is 43.6 Å². The molecule has 208 valence electrons. The van der Waals surface area contributed by atoms with E-state index in [0.717, 1.165) is 66.0 Å². The molecule has 11 heteroatoms. The average Bonchev–Trinajstić information content (AvgIpc) is 3.59. The number of carbonyl (C=O) groups is 1. The van der Waals surface area contributed by atoms with Crippen LogP contribution < -0.4 is 5.32 Å². The van der Waals surface area contributed by atoms with E-state index in [4.69, 9.17) is 4.18 Å². The van der Waals surface area contributed by atoms with E-state index in [-0.39, 0.29) is 12.5 Å². The first kappa shape index (κ1) is 27.3. The van der Waals surface area contributed by atoms with Crippen molar-refractivity contribution in [1.29, 1.82) is 0 Å². The molecule has 2 N–H and O–H groups in total. The molecule has 0 spiro atoms. The van der Waals surface area contributed by atoms with E-state index in [9.17, 15) is 13.2 Å². The Balaban J connectivity index is 1.23. The molecule has 1 aromatic carbocycles. The molecule has 0 unspecified atom stereocenters. The summed E-state index contributed by atoms with van der Waals surface area (Å²) in [7, 11) is -1.23. The number of carbonyl (C=O) groups excluding carboxylic acids is 1. The van der Waals surface area contributed by atoms with Crippen LogP contribution in [0.25, 0.3) is 21.8 Å². The summed E-state index contributed by atoms with van der Waals surface area (Å²) in [5, 5.41) is 9.67. The van der Waals surface area contributed by atoms with Gasteiger partial charge in [-0.25, -0.2) is 4.98 Å². The molecule has 5 rings (SSSR count). The van der Waals surface area contributed by atoms with Gasteiger partial charge in [0.15, 0.2) is 0 Å². The van der Waals surface area contributed by atoms with Gasteiger partial charge in [-0.15, -0.1) is 0 Å². The molecule has 0 radical (unpaired) electrons.